The molecule has 0 aliphatic carbocycles. The summed E-state index contributed by atoms with van der Waals surface area (Å²) < 4.78 is 14.8. The number of hydrogen-bond acceptors (Lipinski definition) is 3. The number of rotatable bonds is 4. The first-order valence-corrected chi connectivity index (χ1v) is 4.37. The molecule has 1 aliphatic rings. The van der Waals surface area contributed by atoms with E-state index < -0.39 is 0 Å². The Kier molecular flexibility index (Phi) is 10.8. The molecule has 0 N–H and O–H groups in total. The van der Waals surface area contributed by atoms with Crippen molar-refractivity contribution in [2.45, 2.75) is 0 Å². The molecule has 13 heavy (non-hydrogen) atoms. The van der Waals surface area contributed by atoms with Gasteiger partial charge in [-0.3, -0.25) is 0 Å². The largest absolute Gasteiger partial charge is 0.377 e. The van der Waals surface area contributed by atoms with E-state index in [0.29, 0.717) is 13.2 Å². The molecule has 1 fully saturated rings. The van der Waals surface area contributed by atoms with E-state index in [-0.39, 0.29) is 0 Å². The average Bonchev–Trinajstić information content (AvgIpc) is 2.22. The van der Waals surface area contributed by atoms with Crippen molar-refractivity contribution in [2.24, 2.45) is 0 Å². The molecule has 3 nitrogen and oxygen atoms in total. The van der Waals surface area contributed by atoms with Gasteiger partial charge in [-0.25, -0.2) is 0 Å². The van der Waals surface area contributed by atoms with E-state index >= 15 is 0 Å². The molecule has 0 amide bonds. The Labute approximate surface area is 80.0 Å². The maximum Gasteiger partial charge on any atom is 0.0701 e. The van der Waals surface area contributed by atoms with E-state index in [9.17, 15) is 0 Å². The zero-order valence-electron chi connectivity index (χ0n) is 8.04. The number of hydrogen-bond donors (Lipinski definition) is 0. The Morgan fingerprint density at radius 2 is 1.31 bits per heavy atom. The van der Waals surface area contributed by atoms with Crippen molar-refractivity contribution in [3.05, 3.63) is 25.3 Å². The van der Waals surface area contributed by atoms with Crippen LogP contribution in [0, 0.1) is 0 Å². The van der Waals surface area contributed by atoms with Crippen molar-refractivity contribution >= 4 is 0 Å². The smallest absolute Gasteiger partial charge is 0.0701 e. The first kappa shape index (κ1) is 12.4. The van der Waals surface area contributed by atoms with Crippen LogP contribution in [0.2, 0.25) is 0 Å². The SMILES string of the molecule is C1COCCO1.C=CCOCC=C. The van der Waals surface area contributed by atoms with Gasteiger partial charge in [0.05, 0.1) is 39.6 Å². The topological polar surface area (TPSA) is 27.7 Å². The van der Waals surface area contributed by atoms with E-state index in [1.54, 1.807) is 12.2 Å². The molecule has 1 saturated heterocycles. The maximum atomic E-state index is 4.94. The highest BCUT2D eigenvalue weighted by atomic mass is 16.6. The van der Waals surface area contributed by atoms with Crippen LogP contribution < -0.4 is 0 Å². The molecule has 1 heterocycles. The lowest BCUT2D eigenvalue weighted by Crippen LogP contribution is -2.16. The van der Waals surface area contributed by atoms with E-state index in [0.717, 1.165) is 26.4 Å². The van der Waals surface area contributed by atoms with Gasteiger partial charge in [-0.05, 0) is 0 Å². The number of ether oxygens (including phenoxy) is 3. The maximum absolute atomic E-state index is 4.94. The second-order valence-electron chi connectivity index (χ2n) is 2.34. The summed E-state index contributed by atoms with van der Waals surface area (Å²) in [4.78, 5) is 0. The Bertz CT molecular complexity index is 99.8. The molecule has 0 aromatic heterocycles. The van der Waals surface area contributed by atoms with Crippen LogP contribution in [0.15, 0.2) is 25.3 Å². The van der Waals surface area contributed by atoms with E-state index in [1.807, 2.05) is 0 Å². The molecule has 0 aromatic rings. The Morgan fingerprint density at radius 1 is 0.923 bits per heavy atom. The second-order valence-corrected chi connectivity index (χ2v) is 2.34. The molecular weight excluding hydrogens is 168 g/mol. The van der Waals surface area contributed by atoms with Gasteiger partial charge in [0.25, 0.3) is 0 Å². The van der Waals surface area contributed by atoms with Gasteiger partial charge < -0.3 is 14.2 Å². The van der Waals surface area contributed by atoms with Crippen LogP contribution in [0.4, 0.5) is 0 Å². The van der Waals surface area contributed by atoms with E-state index in [1.165, 1.54) is 0 Å². The summed E-state index contributed by atoms with van der Waals surface area (Å²) >= 11 is 0. The first-order chi connectivity index (χ1) is 6.41. The molecule has 0 aromatic carbocycles. The Balaban J connectivity index is 0.000000223. The predicted octanol–water partition coefficient (Wildman–Crippen LogP) is 1.41. The van der Waals surface area contributed by atoms with Crippen LogP contribution in [0.3, 0.4) is 0 Å². The van der Waals surface area contributed by atoms with Crippen molar-refractivity contribution < 1.29 is 14.2 Å². The molecule has 3 heteroatoms. The fourth-order valence-corrected chi connectivity index (χ4v) is 0.675. The summed E-state index contributed by atoms with van der Waals surface area (Å²) in [5.74, 6) is 0. The highest BCUT2D eigenvalue weighted by Gasteiger charge is 1.94. The lowest BCUT2D eigenvalue weighted by atomic mass is 10.6. The molecule has 0 saturated carbocycles. The van der Waals surface area contributed by atoms with Crippen molar-refractivity contribution in [1.82, 2.24) is 0 Å². The molecule has 0 atom stereocenters. The summed E-state index contributed by atoms with van der Waals surface area (Å²) in [5, 5.41) is 0. The highest BCUT2D eigenvalue weighted by Crippen LogP contribution is 1.85. The predicted molar refractivity (Wildman–Crippen MR) is 52.9 cm³/mol. The Morgan fingerprint density at radius 3 is 1.54 bits per heavy atom. The molecule has 0 bridgehead atoms. The molecule has 76 valence electrons. The van der Waals surface area contributed by atoms with Crippen molar-refractivity contribution in [1.29, 1.82) is 0 Å². The molecule has 1 aliphatic heterocycles. The zero-order valence-corrected chi connectivity index (χ0v) is 8.04. The van der Waals surface area contributed by atoms with Crippen LogP contribution in [-0.2, 0) is 14.2 Å². The average molecular weight is 186 g/mol. The highest BCUT2D eigenvalue weighted by molar-refractivity contribution is 4.68. The lowest BCUT2D eigenvalue weighted by Gasteiger charge is -2.09. The minimum Gasteiger partial charge on any atom is -0.377 e. The van der Waals surface area contributed by atoms with Crippen molar-refractivity contribution in [2.75, 3.05) is 39.6 Å². The minimum atomic E-state index is 0.617. The van der Waals surface area contributed by atoms with Gasteiger partial charge in [0.2, 0.25) is 0 Å². The van der Waals surface area contributed by atoms with E-state index in [2.05, 4.69) is 13.2 Å². The molecule has 0 radical (unpaired) electrons. The third kappa shape index (κ3) is 11.4. The van der Waals surface area contributed by atoms with Crippen LogP contribution in [0.5, 0.6) is 0 Å². The standard InChI is InChI=1S/C6H10O.C4H8O2/c1-3-5-7-6-4-2;1-2-6-4-3-5-1/h3-4H,1-2,5-6H2;1-4H2. The second kappa shape index (κ2) is 11.4. The summed E-state index contributed by atoms with van der Waals surface area (Å²) in [6.45, 7) is 11.3. The van der Waals surface area contributed by atoms with Gasteiger partial charge >= 0.3 is 0 Å². The third-order valence-corrected chi connectivity index (χ3v) is 1.22. The minimum absolute atomic E-state index is 0.617. The summed E-state index contributed by atoms with van der Waals surface area (Å²) in [5.41, 5.74) is 0. The van der Waals surface area contributed by atoms with Gasteiger partial charge in [-0.2, -0.15) is 0 Å². The molecule has 1 rings (SSSR count). The first-order valence-electron chi connectivity index (χ1n) is 4.37. The fourth-order valence-electron chi connectivity index (χ4n) is 0.675. The van der Waals surface area contributed by atoms with Gasteiger partial charge in [-0.15, -0.1) is 13.2 Å². The Hall–Kier alpha value is -0.640. The zero-order chi connectivity index (χ0) is 9.78. The third-order valence-electron chi connectivity index (χ3n) is 1.22. The quantitative estimate of drug-likeness (QED) is 0.491. The summed E-state index contributed by atoms with van der Waals surface area (Å²) in [6, 6.07) is 0. The fraction of sp³-hybridized carbons (Fsp3) is 0.600. The molecule has 0 spiro atoms. The van der Waals surface area contributed by atoms with E-state index in [4.69, 9.17) is 14.2 Å². The summed E-state index contributed by atoms with van der Waals surface area (Å²) in [7, 11) is 0. The van der Waals surface area contributed by atoms with Gasteiger partial charge in [0, 0.05) is 0 Å². The van der Waals surface area contributed by atoms with Crippen LogP contribution >= 0.6 is 0 Å². The molecule has 0 unspecified atom stereocenters. The van der Waals surface area contributed by atoms with Crippen LogP contribution in [-0.4, -0.2) is 39.6 Å². The van der Waals surface area contributed by atoms with Gasteiger partial charge in [-0.1, -0.05) is 12.2 Å². The summed E-state index contributed by atoms with van der Waals surface area (Å²) in [6.07, 6.45) is 3.42. The lowest BCUT2D eigenvalue weighted by molar-refractivity contribution is -0.0334. The normalized spacial score (nSPS) is 15.4. The monoisotopic (exact) mass is 186 g/mol. The molecular formula is C10H18O3. The van der Waals surface area contributed by atoms with Crippen molar-refractivity contribution in [3.63, 3.8) is 0 Å². The van der Waals surface area contributed by atoms with Crippen LogP contribution in [0.1, 0.15) is 0 Å². The van der Waals surface area contributed by atoms with Crippen LogP contribution in [0.25, 0.3) is 0 Å². The van der Waals surface area contributed by atoms with Gasteiger partial charge in [0.1, 0.15) is 0 Å². The van der Waals surface area contributed by atoms with Gasteiger partial charge in [0.15, 0.2) is 0 Å². The van der Waals surface area contributed by atoms with Crippen molar-refractivity contribution in [3.8, 4) is 0 Å².